The van der Waals surface area contributed by atoms with Gasteiger partial charge in [-0.15, -0.1) is 0 Å². The van der Waals surface area contributed by atoms with Gasteiger partial charge in [0.1, 0.15) is 5.82 Å². The summed E-state index contributed by atoms with van der Waals surface area (Å²) in [7, 11) is 0. The number of H-pyrrole nitrogens is 1. The van der Waals surface area contributed by atoms with Crippen LogP contribution in [0.4, 0.5) is 5.82 Å². The molecule has 0 bridgehead atoms. The van der Waals surface area contributed by atoms with Crippen LogP contribution in [0.3, 0.4) is 0 Å². The average Bonchev–Trinajstić information content (AvgIpc) is 2.51. The van der Waals surface area contributed by atoms with Crippen LogP contribution in [-0.2, 0) is 0 Å². The first-order valence-corrected chi connectivity index (χ1v) is 3.24. The second kappa shape index (κ2) is 2.52. The molecular formula is C6H4N6. The molecule has 0 aliphatic carbocycles. The summed E-state index contributed by atoms with van der Waals surface area (Å²) in [5.41, 5.74) is 8.95. The second-order valence-electron chi connectivity index (χ2n) is 2.19. The molecule has 0 atom stereocenters. The quantitative estimate of drug-likeness (QED) is 0.392. The topological polar surface area (TPSA) is 90.3 Å². The maximum atomic E-state index is 8.13. The summed E-state index contributed by atoms with van der Waals surface area (Å²) in [6.07, 6.45) is 3.26. The molecule has 2 aromatic heterocycles. The summed E-state index contributed by atoms with van der Waals surface area (Å²) in [5.74, 6) is 0.342. The minimum Gasteiger partial charge on any atom is -0.278 e. The highest BCUT2D eigenvalue weighted by atomic mass is 15.2. The Hall–Kier alpha value is -2.07. The molecule has 58 valence electrons. The van der Waals surface area contributed by atoms with Crippen LogP contribution in [0.2, 0.25) is 0 Å². The summed E-state index contributed by atoms with van der Waals surface area (Å²) >= 11 is 0. The molecule has 0 aliphatic rings. The molecule has 0 aliphatic heterocycles. The first kappa shape index (κ1) is 6.63. The van der Waals surface area contributed by atoms with Gasteiger partial charge in [-0.05, 0) is 16.7 Å². The van der Waals surface area contributed by atoms with E-state index < -0.39 is 0 Å². The first-order chi connectivity index (χ1) is 5.90. The van der Waals surface area contributed by atoms with Gasteiger partial charge in [-0.1, -0.05) is 0 Å². The Bertz CT molecular complexity index is 452. The number of pyridine rings is 1. The maximum absolute atomic E-state index is 8.13. The number of aromatic amines is 1. The van der Waals surface area contributed by atoms with Crippen LogP contribution in [0.25, 0.3) is 21.3 Å². The molecule has 0 saturated heterocycles. The molecular weight excluding hydrogens is 156 g/mol. The number of aromatic nitrogens is 3. The van der Waals surface area contributed by atoms with E-state index in [9.17, 15) is 0 Å². The summed E-state index contributed by atoms with van der Waals surface area (Å²) in [6.45, 7) is 0. The Labute approximate surface area is 66.9 Å². The van der Waals surface area contributed by atoms with Gasteiger partial charge in [0.2, 0.25) is 0 Å². The fraction of sp³-hybridized carbons (Fsp3) is 0. The van der Waals surface area contributed by atoms with Crippen molar-refractivity contribution in [1.29, 1.82) is 0 Å². The summed E-state index contributed by atoms with van der Waals surface area (Å²) in [5, 5.41) is 10.8. The second-order valence-corrected chi connectivity index (χ2v) is 2.19. The monoisotopic (exact) mass is 160 g/mol. The molecule has 0 fully saturated rings. The molecule has 0 amide bonds. The van der Waals surface area contributed by atoms with Gasteiger partial charge in [0, 0.05) is 16.5 Å². The number of nitrogens with one attached hydrogen (secondary N) is 1. The van der Waals surface area contributed by atoms with Crippen LogP contribution < -0.4 is 0 Å². The molecule has 0 unspecified atom stereocenters. The maximum Gasteiger partial charge on any atom is 0.128 e. The van der Waals surface area contributed by atoms with Crippen molar-refractivity contribution in [2.24, 2.45) is 5.11 Å². The van der Waals surface area contributed by atoms with E-state index in [1.165, 1.54) is 0 Å². The third-order valence-electron chi connectivity index (χ3n) is 1.46. The van der Waals surface area contributed by atoms with Gasteiger partial charge in [0.05, 0.1) is 11.7 Å². The third-order valence-corrected chi connectivity index (χ3v) is 1.46. The Morgan fingerprint density at radius 2 is 2.42 bits per heavy atom. The molecule has 0 radical (unpaired) electrons. The number of rotatable bonds is 1. The van der Waals surface area contributed by atoms with E-state index in [0.29, 0.717) is 5.82 Å². The van der Waals surface area contributed by atoms with Crippen molar-refractivity contribution in [2.75, 3.05) is 0 Å². The lowest BCUT2D eigenvalue weighted by atomic mass is 10.3. The highest BCUT2D eigenvalue weighted by Crippen LogP contribution is 2.15. The number of azide groups is 1. The highest BCUT2D eigenvalue weighted by molar-refractivity contribution is 5.78. The van der Waals surface area contributed by atoms with Crippen LogP contribution in [-0.4, -0.2) is 15.2 Å². The SMILES string of the molecule is [N-]=[N+]=Nc1cc2[nH]ncc2cn1. The van der Waals surface area contributed by atoms with Crippen LogP contribution in [0.1, 0.15) is 0 Å². The van der Waals surface area contributed by atoms with Crippen LogP contribution in [0.5, 0.6) is 0 Å². The molecule has 2 rings (SSSR count). The lowest BCUT2D eigenvalue weighted by molar-refractivity contribution is 1.12. The van der Waals surface area contributed by atoms with Crippen molar-refractivity contribution in [3.05, 3.63) is 28.9 Å². The fourth-order valence-corrected chi connectivity index (χ4v) is 0.926. The molecule has 0 aromatic carbocycles. The summed E-state index contributed by atoms with van der Waals surface area (Å²) < 4.78 is 0. The van der Waals surface area contributed by atoms with Gasteiger partial charge in [0.15, 0.2) is 0 Å². The van der Waals surface area contributed by atoms with Crippen molar-refractivity contribution in [3.8, 4) is 0 Å². The molecule has 12 heavy (non-hydrogen) atoms. The zero-order chi connectivity index (χ0) is 8.39. The molecule has 2 heterocycles. The third kappa shape index (κ3) is 0.959. The van der Waals surface area contributed by atoms with Crippen molar-refractivity contribution in [2.45, 2.75) is 0 Å². The minimum atomic E-state index is 0.342. The smallest absolute Gasteiger partial charge is 0.128 e. The zero-order valence-electron chi connectivity index (χ0n) is 5.97. The first-order valence-electron chi connectivity index (χ1n) is 3.24. The van der Waals surface area contributed by atoms with Gasteiger partial charge in [0.25, 0.3) is 0 Å². The Kier molecular flexibility index (Phi) is 1.39. The number of fused-ring (bicyclic) bond motifs is 1. The number of nitrogens with zero attached hydrogens (tertiary/aromatic N) is 5. The Morgan fingerprint density at radius 3 is 3.25 bits per heavy atom. The van der Waals surface area contributed by atoms with Crippen molar-refractivity contribution in [1.82, 2.24) is 15.2 Å². The van der Waals surface area contributed by atoms with E-state index in [1.807, 2.05) is 0 Å². The Balaban J connectivity index is 2.67. The van der Waals surface area contributed by atoms with Crippen molar-refractivity contribution < 1.29 is 0 Å². The predicted octanol–water partition coefficient (Wildman–Crippen LogP) is 1.90. The lowest BCUT2D eigenvalue weighted by Crippen LogP contribution is -1.72. The van der Waals surface area contributed by atoms with Gasteiger partial charge >= 0.3 is 0 Å². The molecule has 6 nitrogen and oxygen atoms in total. The van der Waals surface area contributed by atoms with E-state index in [1.54, 1.807) is 18.5 Å². The van der Waals surface area contributed by atoms with E-state index in [2.05, 4.69) is 25.2 Å². The van der Waals surface area contributed by atoms with E-state index in [-0.39, 0.29) is 0 Å². The normalized spacial score (nSPS) is 9.67. The van der Waals surface area contributed by atoms with Gasteiger partial charge in [-0.2, -0.15) is 5.10 Å². The number of hydrogen-bond donors (Lipinski definition) is 1. The van der Waals surface area contributed by atoms with E-state index in [0.717, 1.165) is 10.9 Å². The fourth-order valence-electron chi connectivity index (χ4n) is 0.926. The molecule has 2 aromatic rings. The minimum absolute atomic E-state index is 0.342. The van der Waals surface area contributed by atoms with Gasteiger partial charge in [-0.3, -0.25) is 10.1 Å². The van der Waals surface area contributed by atoms with Crippen molar-refractivity contribution >= 4 is 16.7 Å². The largest absolute Gasteiger partial charge is 0.278 e. The average molecular weight is 160 g/mol. The van der Waals surface area contributed by atoms with Crippen molar-refractivity contribution in [3.63, 3.8) is 0 Å². The van der Waals surface area contributed by atoms with Crippen LogP contribution >= 0.6 is 0 Å². The highest BCUT2D eigenvalue weighted by Gasteiger charge is 1.96. The zero-order valence-corrected chi connectivity index (χ0v) is 5.97. The molecule has 1 N–H and O–H groups in total. The number of hydrogen-bond acceptors (Lipinski definition) is 3. The van der Waals surface area contributed by atoms with Crippen LogP contribution in [0.15, 0.2) is 23.6 Å². The standard InChI is InChI=1S/C6H4N6/c7-12-11-6-1-5-4(2-8-6)3-9-10-5/h1-3H,(H,9,10). The van der Waals surface area contributed by atoms with Crippen LogP contribution in [0, 0.1) is 0 Å². The van der Waals surface area contributed by atoms with Gasteiger partial charge in [-0.25, -0.2) is 0 Å². The Morgan fingerprint density at radius 1 is 1.50 bits per heavy atom. The lowest BCUT2D eigenvalue weighted by Gasteiger charge is -1.88. The molecule has 0 saturated carbocycles. The summed E-state index contributed by atoms with van der Waals surface area (Å²) in [4.78, 5) is 6.51. The van der Waals surface area contributed by atoms with E-state index >= 15 is 0 Å². The molecule has 0 spiro atoms. The summed E-state index contributed by atoms with van der Waals surface area (Å²) in [6, 6.07) is 1.64. The predicted molar refractivity (Wildman–Crippen MR) is 42.7 cm³/mol. The molecule has 6 heteroatoms. The van der Waals surface area contributed by atoms with Gasteiger partial charge < -0.3 is 0 Å². The van der Waals surface area contributed by atoms with E-state index in [4.69, 9.17) is 5.53 Å².